The van der Waals surface area contributed by atoms with Crippen molar-refractivity contribution in [1.82, 2.24) is 4.98 Å². The summed E-state index contributed by atoms with van der Waals surface area (Å²) in [5.74, 6) is 0. The average Bonchev–Trinajstić information content (AvgIpc) is 2.19. The van der Waals surface area contributed by atoms with E-state index >= 15 is 0 Å². The van der Waals surface area contributed by atoms with E-state index in [0.29, 0.717) is 5.56 Å². The van der Waals surface area contributed by atoms with E-state index in [1.54, 1.807) is 12.1 Å². The van der Waals surface area contributed by atoms with Crippen LogP contribution in [0.2, 0.25) is 0 Å². The van der Waals surface area contributed by atoms with Crippen molar-refractivity contribution in [1.29, 1.82) is 10.5 Å². The molecule has 0 aromatic carbocycles. The van der Waals surface area contributed by atoms with Crippen molar-refractivity contribution in [3.05, 3.63) is 33.8 Å². The lowest BCUT2D eigenvalue weighted by Gasteiger charge is -1.94. The van der Waals surface area contributed by atoms with Gasteiger partial charge in [0.1, 0.15) is 17.7 Å². The number of nitrogens with two attached hydrogens (primary N) is 1. The van der Waals surface area contributed by atoms with Gasteiger partial charge in [0, 0.05) is 6.20 Å². The van der Waals surface area contributed by atoms with Gasteiger partial charge in [-0.2, -0.15) is 10.5 Å². The molecule has 0 bridgehead atoms. The molecule has 14 heavy (non-hydrogen) atoms. The summed E-state index contributed by atoms with van der Waals surface area (Å²) in [4.78, 5) is 13.2. The van der Waals surface area contributed by atoms with E-state index < -0.39 is 5.56 Å². The highest BCUT2D eigenvalue weighted by atomic mass is 16.1. The maximum absolute atomic E-state index is 10.9. The molecule has 0 aliphatic heterocycles. The zero-order valence-electron chi connectivity index (χ0n) is 7.11. The molecule has 1 aromatic heterocycles. The van der Waals surface area contributed by atoms with Crippen molar-refractivity contribution in [2.45, 2.75) is 0 Å². The van der Waals surface area contributed by atoms with Crippen molar-refractivity contribution >= 4 is 11.8 Å². The van der Waals surface area contributed by atoms with Crippen molar-refractivity contribution in [3.63, 3.8) is 0 Å². The summed E-state index contributed by atoms with van der Waals surface area (Å²) >= 11 is 0. The van der Waals surface area contributed by atoms with Gasteiger partial charge < -0.3 is 10.7 Å². The molecular formula is C9H6N4O. The summed E-state index contributed by atoms with van der Waals surface area (Å²) < 4.78 is 0. The minimum atomic E-state index is -0.391. The van der Waals surface area contributed by atoms with Crippen LogP contribution >= 0.6 is 0 Å². The van der Waals surface area contributed by atoms with Crippen LogP contribution in [-0.4, -0.2) is 4.98 Å². The van der Waals surface area contributed by atoms with Gasteiger partial charge in [-0.25, -0.2) is 0 Å². The first kappa shape index (κ1) is 9.56. The number of nitrogens with zero attached hydrogens (tertiary/aromatic N) is 2. The number of H-pyrrole nitrogens is 1. The fourth-order valence-electron chi connectivity index (χ4n) is 0.859. The van der Waals surface area contributed by atoms with E-state index in [1.165, 1.54) is 18.3 Å². The van der Waals surface area contributed by atoms with Crippen LogP contribution in [0.25, 0.3) is 6.08 Å². The molecule has 0 aliphatic rings. The number of nitrogen functional groups attached to an aromatic ring is 1. The molecule has 0 amide bonds. The smallest absolute Gasteiger partial charge is 0.271 e. The van der Waals surface area contributed by atoms with Crippen LogP contribution in [0, 0.1) is 22.7 Å². The van der Waals surface area contributed by atoms with Crippen molar-refractivity contribution in [2.75, 3.05) is 5.73 Å². The van der Waals surface area contributed by atoms with E-state index in [4.69, 9.17) is 16.3 Å². The molecule has 0 aliphatic carbocycles. The van der Waals surface area contributed by atoms with Gasteiger partial charge in [-0.1, -0.05) is 0 Å². The quantitative estimate of drug-likeness (QED) is 0.618. The molecule has 1 rings (SSSR count). The zero-order valence-corrected chi connectivity index (χ0v) is 7.11. The number of rotatable bonds is 1. The number of nitriles is 2. The number of nitrogens with one attached hydrogen (secondary N) is 1. The van der Waals surface area contributed by atoms with Gasteiger partial charge in [0.2, 0.25) is 0 Å². The predicted octanol–water partition coefficient (Wildman–Crippen LogP) is 0.388. The predicted molar refractivity (Wildman–Crippen MR) is 50.7 cm³/mol. The Hall–Kier alpha value is -2.53. The Balaban J connectivity index is 3.19. The van der Waals surface area contributed by atoms with Gasteiger partial charge in [-0.15, -0.1) is 0 Å². The van der Waals surface area contributed by atoms with Crippen molar-refractivity contribution in [3.8, 4) is 12.1 Å². The Morgan fingerprint density at radius 2 is 2.14 bits per heavy atom. The number of pyridine rings is 1. The number of hydrogen-bond donors (Lipinski definition) is 2. The Kier molecular flexibility index (Phi) is 2.68. The molecule has 0 fully saturated rings. The average molecular weight is 186 g/mol. The van der Waals surface area contributed by atoms with E-state index in [-0.39, 0.29) is 11.3 Å². The monoisotopic (exact) mass is 186 g/mol. The Morgan fingerprint density at radius 1 is 1.50 bits per heavy atom. The van der Waals surface area contributed by atoms with E-state index in [2.05, 4.69) is 4.98 Å². The summed E-state index contributed by atoms with van der Waals surface area (Å²) in [7, 11) is 0. The van der Waals surface area contributed by atoms with Crippen LogP contribution in [0.4, 0.5) is 5.69 Å². The molecule has 1 heterocycles. The summed E-state index contributed by atoms with van der Waals surface area (Å²) in [6.07, 6.45) is 2.72. The van der Waals surface area contributed by atoms with Gasteiger partial charge in [-0.3, -0.25) is 4.79 Å². The maximum Gasteiger partial charge on any atom is 0.271 e. The normalized spacial score (nSPS) is 8.43. The van der Waals surface area contributed by atoms with E-state index in [0.717, 1.165) is 0 Å². The Bertz CT molecular complexity index is 497. The lowest BCUT2D eigenvalue weighted by Crippen LogP contribution is -2.10. The van der Waals surface area contributed by atoms with Crippen LogP contribution in [-0.2, 0) is 0 Å². The lowest BCUT2D eigenvalue weighted by atomic mass is 10.2. The van der Waals surface area contributed by atoms with Crippen molar-refractivity contribution in [2.24, 2.45) is 0 Å². The summed E-state index contributed by atoms with van der Waals surface area (Å²) in [6, 6.07) is 4.80. The van der Waals surface area contributed by atoms with Crippen molar-refractivity contribution < 1.29 is 0 Å². The zero-order chi connectivity index (χ0) is 10.6. The molecule has 0 atom stereocenters. The minimum Gasteiger partial charge on any atom is -0.394 e. The van der Waals surface area contributed by atoms with Gasteiger partial charge in [0.05, 0.1) is 5.69 Å². The van der Waals surface area contributed by atoms with Crippen LogP contribution in [0.1, 0.15) is 5.56 Å². The summed E-state index contributed by atoms with van der Waals surface area (Å²) in [6.45, 7) is 0. The topological polar surface area (TPSA) is 106 Å². The molecule has 0 radical (unpaired) electrons. The third kappa shape index (κ3) is 1.99. The van der Waals surface area contributed by atoms with Crippen LogP contribution in [0.15, 0.2) is 22.6 Å². The first-order valence-corrected chi connectivity index (χ1v) is 3.67. The van der Waals surface area contributed by atoms with E-state index in [9.17, 15) is 4.79 Å². The minimum absolute atomic E-state index is 0.0450. The highest BCUT2D eigenvalue weighted by Crippen LogP contribution is 2.05. The fraction of sp³-hybridized carbons (Fsp3) is 0. The Labute approximate surface area is 79.7 Å². The van der Waals surface area contributed by atoms with Gasteiger partial charge in [-0.05, 0) is 17.7 Å². The molecule has 0 spiro atoms. The van der Waals surface area contributed by atoms with Gasteiger partial charge >= 0.3 is 0 Å². The molecular weight excluding hydrogens is 180 g/mol. The molecule has 3 N–H and O–H groups in total. The SMILES string of the molecule is N#CC(C#N)=Cc1c[nH]c(=O)c(N)c1. The van der Waals surface area contributed by atoms with Crippen LogP contribution < -0.4 is 11.3 Å². The van der Waals surface area contributed by atoms with E-state index in [1.807, 2.05) is 0 Å². The van der Waals surface area contributed by atoms with Gasteiger partial charge in [0.15, 0.2) is 0 Å². The molecule has 68 valence electrons. The van der Waals surface area contributed by atoms with Gasteiger partial charge in [0.25, 0.3) is 5.56 Å². The summed E-state index contributed by atoms with van der Waals surface area (Å²) in [5.41, 5.74) is 5.47. The first-order chi connectivity index (χ1) is 6.67. The van der Waals surface area contributed by atoms with Crippen LogP contribution in [0.3, 0.4) is 0 Å². The maximum atomic E-state index is 10.9. The Morgan fingerprint density at radius 3 is 2.64 bits per heavy atom. The van der Waals surface area contributed by atoms with Crippen LogP contribution in [0.5, 0.6) is 0 Å². The molecule has 0 saturated heterocycles. The number of anilines is 1. The number of hydrogen-bond acceptors (Lipinski definition) is 4. The second-order valence-electron chi connectivity index (χ2n) is 2.50. The molecule has 0 saturated carbocycles. The summed E-state index contributed by atoms with van der Waals surface area (Å²) in [5, 5.41) is 16.9. The standard InChI is InChI=1S/C9H6N4O/c10-3-7(4-11)1-6-2-8(12)9(14)13-5-6/h1-2,5H,12H2,(H,13,14). The molecule has 0 unspecified atom stereocenters. The third-order valence-electron chi connectivity index (χ3n) is 1.51. The highest BCUT2D eigenvalue weighted by Gasteiger charge is 1.97. The molecule has 5 heteroatoms. The highest BCUT2D eigenvalue weighted by molar-refractivity contribution is 5.63. The number of aromatic nitrogens is 1. The lowest BCUT2D eigenvalue weighted by molar-refractivity contribution is 1.24. The first-order valence-electron chi connectivity index (χ1n) is 3.67. The second kappa shape index (κ2) is 3.92. The molecule has 1 aromatic rings. The molecule has 5 nitrogen and oxygen atoms in total. The second-order valence-corrected chi connectivity index (χ2v) is 2.50. The number of aromatic amines is 1. The largest absolute Gasteiger partial charge is 0.394 e. The third-order valence-corrected chi connectivity index (χ3v) is 1.51. The number of allylic oxidation sites excluding steroid dienone is 1. The fourth-order valence-corrected chi connectivity index (χ4v) is 0.859.